The molecule has 0 fully saturated rings. The lowest BCUT2D eigenvalue weighted by molar-refractivity contribution is -0.684. The van der Waals surface area contributed by atoms with Crippen molar-refractivity contribution < 1.29 is 14.5 Å². The van der Waals surface area contributed by atoms with E-state index >= 15 is 0 Å². The Hall–Kier alpha value is -2.82. The highest BCUT2D eigenvalue weighted by atomic mass is 32.1. The minimum atomic E-state index is -0.144. The summed E-state index contributed by atoms with van der Waals surface area (Å²) in [7, 11) is 0. The normalized spacial score (nSPS) is 11.9. The Labute approximate surface area is 162 Å². The summed E-state index contributed by atoms with van der Waals surface area (Å²) in [4.78, 5) is 13.7. The fourth-order valence-corrected chi connectivity index (χ4v) is 3.71. The first-order chi connectivity index (χ1) is 13.0. The second-order valence-corrected chi connectivity index (χ2v) is 7.54. The lowest BCUT2D eigenvalue weighted by Crippen LogP contribution is -2.86. The maximum absolute atomic E-state index is 12.5. The molecule has 140 valence electrons. The molecule has 1 amide bonds. The minimum Gasteiger partial charge on any atom is -0.463 e. The molecule has 0 radical (unpaired) electrons. The van der Waals surface area contributed by atoms with Crippen LogP contribution in [0.3, 0.4) is 0 Å². The van der Waals surface area contributed by atoms with Crippen LogP contribution in [-0.4, -0.2) is 17.0 Å². The zero-order valence-electron chi connectivity index (χ0n) is 15.7. The van der Waals surface area contributed by atoms with Crippen LogP contribution in [-0.2, 0) is 11.3 Å². The Morgan fingerprint density at radius 3 is 2.85 bits per heavy atom. The van der Waals surface area contributed by atoms with Gasteiger partial charge in [0.2, 0.25) is 0 Å². The second-order valence-electron chi connectivity index (χ2n) is 6.50. The summed E-state index contributed by atoms with van der Waals surface area (Å²) in [6.45, 7) is 6.76. The number of furan rings is 1. The molecule has 0 aliphatic carbocycles. The van der Waals surface area contributed by atoms with Crippen molar-refractivity contribution in [3.05, 3.63) is 63.4 Å². The molecular formula is C20H23N4O2S+. The number of carbonyl (C=O) groups excluding carboxylic acids is 1. The lowest BCUT2D eigenvalue weighted by Gasteiger charge is -2.13. The monoisotopic (exact) mass is 383 g/mol. The van der Waals surface area contributed by atoms with Crippen molar-refractivity contribution in [3.8, 4) is 6.07 Å². The molecule has 1 atom stereocenters. The van der Waals surface area contributed by atoms with E-state index in [1.165, 1.54) is 4.88 Å². The van der Waals surface area contributed by atoms with Gasteiger partial charge in [-0.1, -0.05) is 6.07 Å². The number of nitrogens with one attached hydrogen (secondary N) is 1. The van der Waals surface area contributed by atoms with Crippen molar-refractivity contribution in [2.24, 2.45) is 0 Å². The van der Waals surface area contributed by atoms with E-state index in [1.807, 2.05) is 54.2 Å². The predicted molar refractivity (Wildman–Crippen MR) is 105 cm³/mol. The third kappa shape index (κ3) is 4.13. The maximum Gasteiger partial charge on any atom is 0.280 e. The van der Waals surface area contributed by atoms with Crippen molar-refractivity contribution in [1.82, 2.24) is 4.57 Å². The molecule has 0 unspecified atom stereocenters. The first-order valence-corrected chi connectivity index (χ1v) is 9.68. The number of nitrogens with two attached hydrogens (primary N) is 1. The van der Waals surface area contributed by atoms with Crippen molar-refractivity contribution in [3.63, 3.8) is 0 Å². The predicted octanol–water partition coefficient (Wildman–Crippen LogP) is 2.94. The van der Waals surface area contributed by atoms with Gasteiger partial charge in [-0.15, -0.1) is 11.3 Å². The second kappa shape index (κ2) is 8.25. The van der Waals surface area contributed by atoms with Gasteiger partial charge >= 0.3 is 0 Å². The Morgan fingerprint density at radius 1 is 1.41 bits per heavy atom. The number of anilines is 1. The Balaban J connectivity index is 1.75. The van der Waals surface area contributed by atoms with E-state index in [9.17, 15) is 10.1 Å². The SMILES string of the molecule is Cc1c(C#N)c(NC(=O)C[NH2+][C@@H](C)c2ccco2)n(Cc2cccs2)c1C. The average Bonchev–Trinajstić information content (AvgIpc) is 3.40. The molecule has 7 heteroatoms. The standard InChI is InChI=1S/C20H22N4O2S/c1-13-15(3)24(12-16-6-5-9-27-16)20(17(13)10-21)23-19(25)11-22-14(2)18-7-4-8-26-18/h4-9,14,22H,11-12H2,1-3H3,(H,23,25)/p+1/t14-/m0/s1. The molecule has 0 aliphatic heterocycles. The Bertz CT molecular complexity index is 949. The van der Waals surface area contributed by atoms with Crippen LogP contribution < -0.4 is 10.6 Å². The Kier molecular flexibility index (Phi) is 5.79. The van der Waals surface area contributed by atoms with Gasteiger partial charge in [0.1, 0.15) is 17.9 Å². The fraction of sp³-hybridized carbons (Fsp3) is 0.300. The molecule has 0 spiro atoms. The van der Waals surface area contributed by atoms with Gasteiger partial charge in [-0.3, -0.25) is 4.79 Å². The van der Waals surface area contributed by atoms with Crippen LogP contribution in [0.4, 0.5) is 5.82 Å². The maximum atomic E-state index is 12.5. The number of nitriles is 1. The lowest BCUT2D eigenvalue weighted by atomic mass is 10.2. The van der Waals surface area contributed by atoms with Crippen molar-refractivity contribution in [2.75, 3.05) is 11.9 Å². The molecule has 0 saturated carbocycles. The summed E-state index contributed by atoms with van der Waals surface area (Å²) in [6.07, 6.45) is 1.63. The largest absolute Gasteiger partial charge is 0.463 e. The molecule has 3 rings (SSSR count). The van der Waals surface area contributed by atoms with Crippen molar-refractivity contribution in [1.29, 1.82) is 5.26 Å². The first kappa shape index (κ1) is 19.0. The van der Waals surface area contributed by atoms with Crippen molar-refractivity contribution >= 4 is 23.1 Å². The summed E-state index contributed by atoms with van der Waals surface area (Å²) in [5.41, 5.74) is 2.41. The number of hydrogen-bond donors (Lipinski definition) is 2. The molecule has 3 aromatic heterocycles. The zero-order valence-corrected chi connectivity index (χ0v) is 16.5. The smallest absolute Gasteiger partial charge is 0.280 e. The number of rotatable bonds is 7. The molecule has 3 aromatic rings. The van der Waals surface area contributed by atoms with Crippen molar-refractivity contribution in [2.45, 2.75) is 33.4 Å². The zero-order chi connectivity index (χ0) is 19.4. The average molecular weight is 383 g/mol. The van der Waals surface area contributed by atoms with Crippen LogP contribution in [0.15, 0.2) is 40.3 Å². The van der Waals surface area contributed by atoms with Crippen LogP contribution in [0.2, 0.25) is 0 Å². The van der Waals surface area contributed by atoms with E-state index in [2.05, 4.69) is 17.5 Å². The van der Waals surface area contributed by atoms with E-state index in [0.29, 0.717) is 17.9 Å². The van der Waals surface area contributed by atoms with Gasteiger partial charge in [0.05, 0.1) is 18.4 Å². The van der Waals surface area contributed by atoms with Gasteiger partial charge in [0, 0.05) is 10.6 Å². The van der Waals surface area contributed by atoms with E-state index < -0.39 is 0 Å². The minimum absolute atomic E-state index is 0.0440. The van der Waals surface area contributed by atoms with Gasteiger partial charge in [-0.05, 0) is 49.9 Å². The van der Waals surface area contributed by atoms with Crippen LogP contribution in [0, 0.1) is 25.2 Å². The van der Waals surface area contributed by atoms with Gasteiger partial charge in [0.25, 0.3) is 5.91 Å². The molecular weight excluding hydrogens is 360 g/mol. The summed E-state index contributed by atoms with van der Waals surface area (Å²) in [5.74, 6) is 1.26. The molecule has 0 aromatic carbocycles. The highest BCUT2D eigenvalue weighted by Gasteiger charge is 2.21. The van der Waals surface area contributed by atoms with Crippen LogP contribution in [0.25, 0.3) is 0 Å². The highest BCUT2D eigenvalue weighted by molar-refractivity contribution is 7.09. The van der Waals surface area contributed by atoms with E-state index in [0.717, 1.165) is 17.0 Å². The number of hydrogen-bond acceptors (Lipinski definition) is 4. The molecule has 3 heterocycles. The van der Waals surface area contributed by atoms with Gasteiger partial charge < -0.3 is 19.6 Å². The van der Waals surface area contributed by atoms with Crippen LogP contribution in [0.1, 0.15) is 40.4 Å². The number of amides is 1. The summed E-state index contributed by atoms with van der Waals surface area (Å²) in [5, 5.41) is 16.5. The molecule has 6 nitrogen and oxygen atoms in total. The highest BCUT2D eigenvalue weighted by Crippen LogP contribution is 2.28. The molecule has 3 N–H and O–H groups in total. The molecule has 0 bridgehead atoms. The van der Waals surface area contributed by atoms with Gasteiger partial charge in [-0.2, -0.15) is 5.26 Å². The summed E-state index contributed by atoms with van der Waals surface area (Å²) < 4.78 is 7.38. The quantitative estimate of drug-likeness (QED) is 0.657. The third-order valence-electron chi connectivity index (χ3n) is 4.74. The Morgan fingerprint density at radius 2 is 2.22 bits per heavy atom. The summed E-state index contributed by atoms with van der Waals surface area (Å²) in [6, 6.07) is 10.1. The number of aromatic nitrogens is 1. The van der Waals surface area contributed by atoms with Gasteiger partial charge in [0.15, 0.2) is 12.3 Å². The molecule has 0 aliphatic rings. The van der Waals surface area contributed by atoms with Crippen LogP contribution >= 0.6 is 11.3 Å². The third-order valence-corrected chi connectivity index (χ3v) is 5.60. The van der Waals surface area contributed by atoms with Gasteiger partial charge in [-0.25, -0.2) is 0 Å². The van der Waals surface area contributed by atoms with E-state index in [-0.39, 0.29) is 18.5 Å². The topological polar surface area (TPSA) is 87.6 Å². The van der Waals surface area contributed by atoms with E-state index in [1.54, 1.807) is 17.6 Å². The first-order valence-electron chi connectivity index (χ1n) is 8.80. The molecule has 27 heavy (non-hydrogen) atoms. The molecule has 0 saturated heterocycles. The van der Waals surface area contributed by atoms with E-state index in [4.69, 9.17) is 4.42 Å². The number of carbonyl (C=O) groups is 1. The number of nitrogens with zero attached hydrogens (tertiary/aromatic N) is 2. The summed E-state index contributed by atoms with van der Waals surface area (Å²) >= 11 is 1.66. The number of thiophene rings is 1. The number of quaternary nitrogens is 1. The fourth-order valence-electron chi connectivity index (χ4n) is 3.02. The van der Waals surface area contributed by atoms with Crippen LogP contribution in [0.5, 0.6) is 0 Å².